The number of sulfonamides is 1. The van der Waals surface area contributed by atoms with Gasteiger partial charge in [-0.1, -0.05) is 32.0 Å². The molecular formula is C21H33N3O4S2. The summed E-state index contributed by atoms with van der Waals surface area (Å²) in [4.78, 5) is 17.2. The predicted octanol–water partition coefficient (Wildman–Crippen LogP) is 2.41. The van der Waals surface area contributed by atoms with E-state index in [4.69, 9.17) is 4.74 Å². The minimum Gasteiger partial charge on any atom is -0.496 e. The van der Waals surface area contributed by atoms with Crippen LogP contribution in [0, 0.1) is 0 Å². The van der Waals surface area contributed by atoms with Gasteiger partial charge in [0, 0.05) is 44.8 Å². The maximum Gasteiger partial charge on any atom is 0.236 e. The molecule has 2 aliphatic heterocycles. The molecule has 30 heavy (non-hydrogen) atoms. The highest BCUT2D eigenvalue weighted by Gasteiger charge is 2.41. The number of piperazine rings is 1. The molecule has 0 aliphatic carbocycles. The van der Waals surface area contributed by atoms with E-state index in [1.54, 1.807) is 23.2 Å². The summed E-state index contributed by atoms with van der Waals surface area (Å²) in [6, 6.07) is 7.90. The second kappa shape index (κ2) is 10.3. The first kappa shape index (κ1) is 23.4. The highest BCUT2D eigenvalue weighted by atomic mass is 32.2. The monoisotopic (exact) mass is 455 g/mol. The lowest BCUT2D eigenvalue weighted by atomic mass is 10.1. The number of ether oxygens (including phenoxy) is 1. The predicted molar refractivity (Wildman–Crippen MR) is 121 cm³/mol. The Labute approximate surface area is 184 Å². The maximum atomic E-state index is 13.0. The summed E-state index contributed by atoms with van der Waals surface area (Å²) < 4.78 is 31.7. The molecule has 2 saturated heterocycles. The quantitative estimate of drug-likeness (QED) is 0.570. The molecule has 0 N–H and O–H groups in total. The molecule has 7 nitrogen and oxygen atoms in total. The van der Waals surface area contributed by atoms with E-state index in [0.717, 1.165) is 24.3 Å². The lowest BCUT2D eigenvalue weighted by molar-refractivity contribution is -0.130. The van der Waals surface area contributed by atoms with Crippen molar-refractivity contribution in [2.45, 2.75) is 37.3 Å². The van der Waals surface area contributed by atoms with Gasteiger partial charge in [-0.05, 0) is 18.9 Å². The molecule has 2 unspecified atom stereocenters. The van der Waals surface area contributed by atoms with E-state index in [-0.39, 0.29) is 22.3 Å². The maximum absolute atomic E-state index is 13.0. The molecular weight excluding hydrogens is 422 g/mol. The van der Waals surface area contributed by atoms with Gasteiger partial charge in [-0.3, -0.25) is 9.69 Å². The Morgan fingerprint density at radius 3 is 2.43 bits per heavy atom. The van der Waals surface area contributed by atoms with Gasteiger partial charge < -0.3 is 9.64 Å². The van der Waals surface area contributed by atoms with Crippen LogP contribution in [0.15, 0.2) is 24.3 Å². The van der Waals surface area contributed by atoms with Gasteiger partial charge >= 0.3 is 0 Å². The second-order valence-corrected chi connectivity index (χ2v) is 11.1. The van der Waals surface area contributed by atoms with E-state index < -0.39 is 10.0 Å². The SMILES string of the molecule is CCCS(=O)(=O)N1CCN(CCN2C(=O)C(CC)SC2c2ccccc2OC)CC1. The largest absolute Gasteiger partial charge is 0.496 e. The summed E-state index contributed by atoms with van der Waals surface area (Å²) in [5, 5.41) is -0.0826. The lowest BCUT2D eigenvalue weighted by Crippen LogP contribution is -2.51. The van der Waals surface area contributed by atoms with Crippen LogP contribution >= 0.6 is 11.8 Å². The van der Waals surface area contributed by atoms with Crippen LogP contribution in [0.3, 0.4) is 0 Å². The van der Waals surface area contributed by atoms with Crippen molar-refractivity contribution in [2.24, 2.45) is 0 Å². The fourth-order valence-electron chi connectivity index (χ4n) is 4.07. The van der Waals surface area contributed by atoms with E-state index >= 15 is 0 Å². The van der Waals surface area contributed by atoms with E-state index in [1.165, 1.54) is 0 Å². The first-order valence-corrected chi connectivity index (χ1v) is 13.3. The van der Waals surface area contributed by atoms with E-state index in [2.05, 4.69) is 4.90 Å². The van der Waals surface area contributed by atoms with Crippen LogP contribution < -0.4 is 4.74 Å². The number of rotatable bonds is 9. The summed E-state index contributed by atoms with van der Waals surface area (Å²) in [6.07, 6.45) is 1.44. The standard InChI is InChI=1S/C21H33N3O4S2/c1-4-16-30(26,27)23-13-10-22(11-14-23)12-15-24-20(25)19(5-2)29-21(24)17-8-6-7-9-18(17)28-3/h6-9,19,21H,4-5,10-16H2,1-3H3. The molecule has 2 aliphatic rings. The Hall–Kier alpha value is -1.29. The van der Waals surface area contributed by atoms with Crippen LogP contribution in [-0.4, -0.2) is 85.8 Å². The van der Waals surface area contributed by atoms with E-state index in [0.29, 0.717) is 39.1 Å². The third kappa shape index (κ3) is 5.12. The third-order valence-corrected chi connectivity index (χ3v) is 9.46. The molecule has 3 rings (SSSR count). The van der Waals surface area contributed by atoms with E-state index in [1.807, 2.05) is 43.0 Å². The van der Waals surface area contributed by atoms with Crippen LogP contribution in [0.25, 0.3) is 0 Å². The van der Waals surface area contributed by atoms with Crippen molar-refractivity contribution < 1.29 is 17.9 Å². The molecule has 0 spiro atoms. The van der Waals surface area contributed by atoms with Crippen LogP contribution in [0.1, 0.15) is 37.6 Å². The number of thioether (sulfide) groups is 1. The highest BCUT2D eigenvalue weighted by molar-refractivity contribution is 8.01. The van der Waals surface area contributed by atoms with Crippen molar-refractivity contribution >= 4 is 27.7 Å². The first-order chi connectivity index (χ1) is 14.4. The molecule has 168 valence electrons. The average molecular weight is 456 g/mol. The first-order valence-electron chi connectivity index (χ1n) is 10.7. The highest BCUT2D eigenvalue weighted by Crippen LogP contribution is 2.46. The molecule has 0 aromatic heterocycles. The van der Waals surface area contributed by atoms with Gasteiger partial charge in [-0.2, -0.15) is 4.31 Å². The summed E-state index contributed by atoms with van der Waals surface area (Å²) in [7, 11) is -1.47. The van der Waals surface area contributed by atoms with Crippen molar-refractivity contribution in [3.8, 4) is 5.75 Å². The van der Waals surface area contributed by atoms with Gasteiger partial charge in [-0.15, -0.1) is 11.8 Å². The summed E-state index contributed by atoms with van der Waals surface area (Å²) in [6.45, 7) is 7.78. The molecule has 1 aromatic carbocycles. The molecule has 2 heterocycles. The zero-order valence-electron chi connectivity index (χ0n) is 18.1. The zero-order chi connectivity index (χ0) is 21.7. The second-order valence-electron chi connectivity index (χ2n) is 7.72. The Morgan fingerprint density at radius 1 is 1.10 bits per heavy atom. The number of carbonyl (C=O) groups excluding carboxylic acids is 1. The van der Waals surface area contributed by atoms with Gasteiger partial charge in [0.2, 0.25) is 15.9 Å². The van der Waals surface area contributed by atoms with Gasteiger partial charge in [0.25, 0.3) is 0 Å². The molecule has 0 bridgehead atoms. The third-order valence-electron chi connectivity index (χ3n) is 5.75. The summed E-state index contributed by atoms with van der Waals surface area (Å²) in [5.41, 5.74) is 1.03. The smallest absolute Gasteiger partial charge is 0.236 e. The van der Waals surface area contributed by atoms with Crippen molar-refractivity contribution in [1.29, 1.82) is 0 Å². The number of methoxy groups -OCH3 is 1. The average Bonchev–Trinajstić information content (AvgIpc) is 3.07. The van der Waals surface area contributed by atoms with Crippen molar-refractivity contribution in [3.63, 3.8) is 0 Å². The van der Waals surface area contributed by atoms with Crippen molar-refractivity contribution in [2.75, 3.05) is 52.1 Å². The van der Waals surface area contributed by atoms with Crippen LogP contribution in [0.4, 0.5) is 0 Å². The summed E-state index contributed by atoms with van der Waals surface area (Å²) >= 11 is 1.70. The van der Waals surface area contributed by atoms with Crippen molar-refractivity contribution in [1.82, 2.24) is 14.1 Å². The number of amides is 1. The Balaban J connectivity index is 1.64. The van der Waals surface area contributed by atoms with Gasteiger partial charge in [0.05, 0.1) is 18.1 Å². The lowest BCUT2D eigenvalue weighted by Gasteiger charge is -2.35. The number of hydrogen-bond donors (Lipinski definition) is 0. The van der Waals surface area contributed by atoms with Crippen LogP contribution in [0.2, 0.25) is 0 Å². The normalized spacial score (nSPS) is 23.8. The summed E-state index contributed by atoms with van der Waals surface area (Å²) in [5.74, 6) is 1.20. The number of nitrogens with zero attached hydrogens (tertiary/aromatic N) is 3. The van der Waals surface area contributed by atoms with Gasteiger partial charge in [0.1, 0.15) is 11.1 Å². The van der Waals surface area contributed by atoms with Crippen LogP contribution in [0.5, 0.6) is 5.75 Å². The molecule has 2 atom stereocenters. The van der Waals surface area contributed by atoms with Crippen LogP contribution in [-0.2, 0) is 14.8 Å². The number of benzene rings is 1. The fourth-order valence-corrected chi connectivity index (χ4v) is 7.01. The van der Waals surface area contributed by atoms with Gasteiger partial charge in [0.15, 0.2) is 0 Å². The van der Waals surface area contributed by atoms with Crippen molar-refractivity contribution in [3.05, 3.63) is 29.8 Å². The fraction of sp³-hybridized carbons (Fsp3) is 0.667. The minimum absolute atomic E-state index is 0.0315. The zero-order valence-corrected chi connectivity index (χ0v) is 19.8. The van der Waals surface area contributed by atoms with Gasteiger partial charge in [-0.25, -0.2) is 8.42 Å². The Bertz CT molecular complexity index is 825. The molecule has 9 heteroatoms. The Morgan fingerprint density at radius 2 is 1.80 bits per heavy atom. The topological polar surface area (TPSA) is 70.2 Å². The van der Waals surface area contributed by atoms with E-state index in [9.17, 15) is 13.2 Å². The molecule has 0 saturated carbocycles. The molecule has 1 amide bonds. The Kier molecular flexibility index (Phi) is 8.06. The number of para-hydroxylation sites is 1. The molecule has 0 radical (unpaired) electrons. The number of hydrogen-bond acceptors (Lipinski definition) is 6. The number of carbonyl (C=O) groups is 1. The molecule has 1 aromatic rings. The molecule has 2 fully saturated rings. The minimum atomic E-state index is -3.13.